The molecule has 0 fully saturated rings. The molecule has 4 rings (SSSR count). The number of thioether (sulfide) groups is 1. The van der Waals surface area contributed by atoms with E-state index in [0.29, 0.717) is 23.6 Å². The van der Waals surface area contributed by atoms with Crippen molar-refractivity contribution in [2.24, 2.45) is 0 Å². The lowest BCUT2D eigenvalue weighted by Gasteiger charge is -2.21. The van der Waals surface area contributed by atoms with Crippen molar-refractivity contribution in [3.8, 4) is 11.8 Å². The minimum absolute atomic E-state index is 0.0785. The number of nitriles is 1. The Morgan fingerprint density at radius 2 is 2.26 bits per heavy atom. The number of ether oxygens (including phenoxy) is 1. The van der Waals surface area contributed by atoms with Gasteiger partial charge in [0.25, 0.3) is 0 Å². The second kappa shape index (κ2) is 9.57. The van der Waals surface area contributed by atoms with Crippen LogP contribution < -0.4 is 10.1 Å². The average molecular weight is 473 g/mol. The monoisotopic (exact) mass is 472 g/mol. The number of hydrogen-bond acceptors (Lipinski definition) is 8. The molecule has 0 radical (unpaired) electrons. The topological polar surface area (TPSA) is 78.2 Å². The third kappa shape index (κ3) is 4.72. The van der Waals surface area contributed by atoms with E-state index in [1.165, 1.54) is 28.0 Å². The number of likely N-dealkylation sites (N-methyl/N-ethyl adjacent to an activating group) is 1. The van der Waals surface area contributed by atoms with E-state index in [9.17, 15) is 10.1 Å². The molecule has 0 spiro atoms. The van der Waals surface area contributed by atoms with Crippen molar-refractivity contribution >= 4 is 55.6 Å². The van der Waals surface area contributed by atoms with Crippen LogP contribution >= 0.6 is 34.4 Å². The van der Waals surface area contributed by atoms with Crippen molar-refractivity contribution in [2.45, 2.75) is 42.8 Å². The van der Waals surface area contributed by atoms with E-state index in [2.05, 4.69) is 28.3 Å². The zero-order valence-electron chi connectivity index (χ0n) is 17.7. The largest absolute Gasteiger partial charge is 0.494 e. The highest BCUT2D eigenvalue weighted by molar-refractivity contribution is 8.02. The summed E-state index contributed by atoms with van der Waals surface area (Å²) in [6.45, 7) is 6.34. The first-order valence-electron chi connectivity index (χ1n) is 10.3. The van der Waals surface area contributed by atoms with Gasteiger partial charge in [0.05, 0.1) is 27.6 Å². The predicted molar refractivity (Wildman–Crippen MR) is 128 cm³/mol. The van der Waals surface area contributed by atoms with E-state index < -0.39 is 0 Å². The van der Waals surface area contributed by atoms with Gasteiger partial charge in [0.1, 0.15) is 16.8 Å². The zero-order chi connectivity index (χ0) is 22.0. The Kier molecular flexibility index (Phi) is 6.82. The molecule has 0 saturated carbocycles. The first-order valence-corrected chi connectivity index (χ1v) is 12.8. The fourth-order valence-electron chi connectivity index (χ4n) is 3.56. The van der Waals surface area contributed by atoms with Gasteiger partial charge < -0.3 is 15.0 Å². The maximum Gasteiger partial charge on any atom is 0.238 e. The Bertz CT molecular complexity index is 1150. The number of aromatic nitrogens is 1. The van der Waals surface area contributed by atoms with Crippen LogP contribution in [0, 0.1) is 11.3 Å². The number of nitrogens with zero attached hydrogens (tertiary/aromatic N) is 3. The number of rotatable bonds is 7. The van der Waals surface area contributed by atoms with Gasteiger partial charge in [-0.25, -0.2) is 4.98 Å². The van der Waals surface area contributed by atoms with Gasteiger partial charge >= 0.3 is 0 Å². The van der Waals surface area contributed by atoms with Crippen molar-refractivity contribution in [2.75, 3.05) is 25.5 Å². The van der Waals surface area contributed by atoms with Gasteiger partial charge in [0, 0.05) is 18.0 Å². The molecule has 2 aromatic heterocycles. The van der Waals surface area contributed by atoms with Crippen LogP contribution in [0.4, 0.5) is 5.00 Å². The van der Waals surface area contributed by atoms with Crippen molar-refractivity contribution in [1.29, 1.82) is 5.26 Å². The van der Waals surface area contributed by atoms with Crippen molar-refractivity contribution in [1.82, 2.24) is 9.88 Å². The standard InChI is InChI=1S/C22H24N4O2S3/c1-4-17(30-22-24-16-7-6-13(28-5-2)10-18(16)31-22)20(27)25-21-15(11-23)14-8-9-26(3)12-19(14)29-21/h6-7,10,17H,4-5,8-9,12H2,1-3H3,(H,25,27). The van der Waals surface area contributed by atoms with E-state index in [0.717, 1.165) is 45.4 Å². The molecule has 162 valence electrons. The van der Waals surface area contributed by atoms with Gasteiger partial charge in [0.15, 0.2) is 4.34 Å². The number of carbonyl (C=O) groups is 1. The molecule has 31 heavy (non-hydrogen) atoms. The van der Waals surface area contributed by atoms with Crippen molar-refractivity contribution < 1.29 is 9.53 Å². The molecule has 9 heteroatoms. The predicted octanol–water partition coefficient (Wildman–Crippen LogP) is 5.13. The molecule has 1 aliphatic heterocycles. The van der Waals surface area contributed by atoms with Gasteiger partial charge in [0.2, 0.25) is 5.91 Å². The Hall–Kier alpha value is -2.12. The minimum atomic E-state index is -0.278. The molecular weight excluding hydrogens is 448 g/mol. The number of carbonyl (C=O) groups excluding carboxylic acids is 1. The summed E-state index contributed by atoms with van der Waals surface area (Å²) in [7, 11) is 2.08. The first-order chi connectivity index (χ1) is 15.0. The normalized spacial score (nSPS) is 14.8. The van der Waals surface area contributed by atoms with E-state index in [-0.39, 0.29) is 11.2 Å². The van der Waals surface area contributed by atoms with Crippen LogP contribution in [-0.4, -0.2) is 41.2 Å². The van der Waals surface area contributed by atoms with Crippen LogP contribution in [0.15, 0.2) is 22.5 Å². The quantitative estimate of drug-likeness (QED) is 0.481. The molecule has 1 unspecified atom stereocenters. The molecule has 3 aromatic rings. The van der Waals surface area contributed by atoms with Crippen molar-refractivity contribution in [3.63, 3.8) is 0 Å². The van der Waals surface area contributed by atoms with Crippen LogP contribution in [0.3, 0.4) is 0 Å². The number of nitrogens with one attached hydrogen (secondary N) is 1. The Balaban J connectivity index is 1.50. The molecule has 0 aliphatic carbocycles. The molecule has 0 bridgehead atoms. The number of hydrogen-bond donors (Lipinski definition) is 1. The van der Waals surface area contributed by atoms with Crippen LogP contribution in [0.25, 0.3) is 10.2 Å². The third-order valence-corrected chi connectivity index (χ3v) is 8.76. The molecule has 1 N–H and O–H groups in total. The van der Waals surface area contributed by atoms with Crippen LogP contribution in [0.5, 0.6) is 5.75 Å². The molecule has 6 nitrogen and oxygen atoms in total. The summed E-state index contributed by atoms with van der Waals surface area (Å²) >= 11 is 4.58. The number of anilines is 1. The fourth-order valence-corrected chi connectivity index (χ4v) is 7.11. The number of amides is 1. The van der Waals surface area contributed by atoms with Crippen LogP contribution in [0.1, 0.15) is 36.3 Å². The summed E-state index contributed by atoms with van der Waals surface area (Å²) in [4.78, 5) is 21.2. The first kappa shape index (κ1) is 22.1. The van der Waals surface area contributed by atoms with E-state index in [4.69, 9.17) is 4.74 Å². The van der Waals surface area contributed by atoms with Gasteiger partial charge in [-0.1, -0.05) is 18.7 Å². The van der Waals surface area contributed by atoms with E-state index in [1.54, 1.807) is 11.3 Å². The number of benzene rings is 1. The highest BCUT2D eigenvalue weighted by Crippen LogP contribution is 2.38. The number of fused-ring (bicyclic) bond motifs is 2. The van der Waals surface area contributed by atoms with Crippen molar-refractivity contribution in [3.05, 3.63) is 34.2 Å². The molecule has 1 atom stereocenters. The number of thiophene rings is 1. The minimum Gasteiger partial charge on any atom is -0.494 e. The molecule has 3 heterocycles. The van der Waals surface area contributed by atoms with Gasteiger partial charge in [-0.05, 0) is 50.6 Å². The maximum absolute atomic E-state index is 13.1. The average Bonchev–Trinajstić information content (AvgIpc) is 3.31. The summed E-state index contributed by atoms with van der Waals surface area (Å²) < 4.78 is 7.48. The zero-order valence-corrected chi connectivity index (χ0v) is 20.2. The Morgan fingerprint density at radius 1 is 1.42 bits per heavy atom. The van der Waals surface area contributed by atoms with E-state index in [1.807, 2.05) is 32.0 Å². The third-order valence-electron chi connectivity index (χ3n) is 5.15. The van der Waals surface area contributed by atoms with Gasteiger partial charge in [-0.15, -0.1) is 22.7 Å². The lowest BCUT2D eigenvalue weighted by Crippen LogP contribution is -2.25. The molecular formula is C22H24N4O2S3. The Morgan fingerprint density at radius 3 is 3.00 bits per heavy atom. The lowest BCUT2D eigenvalue weighted by molar-refractivity contribution is -0.115. The highest BCUT2D eigenvalue weighted by Gasteiger charge is 2.26. The summed E-state index contributed by atoms with van der Waals surface area (Å²) in [5, 5.41) is 13.1. The van der Waals surface area contributed by atoms with Gasteiger partial charge in [-0.2, -0.15) is 5.26 Å². The van der Waals surface area contributed by atoms with Crippen LogP contribution in [0.2, 0.25) is 0 Å². The number of thiazole rings is 1. The summed E-state index contributed by atoms with van der Waals surface area (Å²) in [5.41, 5.74) is 2.63. The molecule has 1 amide bonds. The summed E-state index contributed by atoms with van der Waals surface area (Å²) in [5.74, 6) is 0.751. The maximum atomic E-state index is 13.1. The van der Waals surface area contributed by atoms with E-state index >= 15 is 0 Å². The van der Waals surface area contributed by atoms with Crippen LogP contribution in [-0.2, 0) is 17.8 Å². The molecule has 1 aliphatic rings. The second-order valence-corrected chi connectivity index (χ2v) is 10.9. The molecule has 1 aromatic carbocycles. The smallest absolute Gasteiger partial charge is 0.238 e. The Labute approximate surface area is 194 Å². The summed E-state index contributed by atoms with van der Waals surface area (Å²) in [6, 6.07) is 8.18. The van der Waals surface area contributed by atoms with Gasteiger partial charge in [-0.3, -0.25) is 4.79 Å². The SMILES string of the molecule is CCOc1ccc2nc(SC(CC)C(=O)Nc3sc4c(c3C#N)CCN(C)C4)sc2c1. The highest BCUT2D eigenvalue weighted by atomic mass is 32.2. The fraction of sp³-hybridized carbons (Fsp3) is 0.409. The lowest BCUT2D eigenvalue weighted by atomic mass is 10.0. The second-order valence-electron chi connectivity index (χ2n) is 7.35. The molecule has 0 saturated heterocycles. The summed E-state index contributed by atoms with van der Waals surface area (Å²) in [6.07, 6.45) is 1.52.